The second-order valence-electron chi connectivity index (χ2n) is 8.74. The summed E-state index contributed by atoms with van der Waals surface area (Å²) in [6.07, 6.45) is 0. The van der Waals surface area contributed by atoms with Gasteiger partial charge in [0, 0.05) is 35.6 Å². The maximum absolute atomic E-state index is 12.4. The number of rotatable bonds is 15. The summed E-state index contributed by atoms with van der Waals surface area (Å²) < 4.78 is 16.4. The summed E-state index contributed by atoms with van der Waals surface area (Å²) in [6.45, 7) is 1.51. The Kier molecular flexibility index (Phi) is 13.9. The number of hydrogen-bond acceptors (Lipinski definition) is 7. The third-order valence-electron chi connectivity index (χ3n) is 5.95. The lowest BCUT2D eigenvalue weighted by Gasteiger charge is -2.22. The van der Waals surface area contributed by atoms with Gasteiger partial charge in [-0.25, -0.2) is 14.4 Å². The van der Waals surface area contributed by atoms with E-state index in [9.17, 15) is 14.4 Å². The quantitative estimate of drug-likeness (QED) is 0.0995. The van der Waals surface area contributed by atoms with Gasteiger partial charge in [-0.05, 0) is 53.1 Å². The standard InChI is InChI=1S/C30H30Br3NO6/c31-19-22-1-7-25(8-2-22)28(35)38-16-13-34(14-17-39-29(36)26-9-3-23(20-32)4-10-26)15-18-40-30(37)27-11-5-24(21-33)6-12-27/h1-12H,13-21H2. The number of benzene rings is 3. The van der Waals surface area contributed by atoms with E-state index in [2.05, 4.69) is 47.8 Å². The first kappa shape index (κ1) is 32.0. The summed E-state index contributed by atoms with van der Waals surface area (Å²) in [5, 5.41) is 2.12. The monoisotopic (exact) mass is 737 g/mol. The molecule has 3 aromatic carbocycles. The Hall–Kier alpha value is -2.53. The van der Waals surface area contributed by atoms with E-state index < -0.39 is 17.9 Å². The number of alkyl halides is 3. The number of ether oxygens (including phenoxy) is 3. The molecule has 0 aliphatic heterocycles. The molecule has 0 atom stereocenters. The lowest BCUT2D eigenvalue weighted by molar-refractivity contribution is 0.0331. The van der Waals surface area contributed by atoms with Gasteiger partial charge in [0.1, 0.15) is 19.8 Å². The van der Waals surface area contributed by atoms with E-state index in [-0.39, 0.29) is 19.8 Å². The van der Waals surface area contributed by atoms with Gasteiger partial charge in [0.2, 0.25) is 0 Å². The van der Waals surface area contributed by atoms with Gasteiger partial charge in [-0.3, -0.25) is 4.90 Å². The first-order chi connectivity index (χ1) is 19.4. The molecule has 0 saturated heterocycles. The normalized spacial score (nSPS) is 10.8. The van der Waals surface area contributed by atoms with E-state index >= 15 is 0 Å². The summed E-state index contributed by atoms with van der Waals surface area (Å²) in [7, 11) is 0. The molecule has 10 heteroatoms. The molecule has 0 aromatic heterocycles. The highest BCUT2D eigenvalue weighted by Crippen LogP contribution is 2.11. The molecule has 0 bridgehead atoms. The number of nitrogens with zero attached hydrogens (tertiary/aromatic N) is 1. The molecule has 0 N–H and O–H groups in total. The van der Waals surface area contributed by atoms with Crippen LogP contribution in [0.3, 0.4) is 0 Å². The van der Waals surface area contributed by atoms with Crippen molar-refractivity contribution in [2.75, 3.05) is 39.5 Å². The molecule has 0 heterocycles. The zero-order valence-corrected chi connectivity index (χ0v) is 26.6. The van der Waals surface area contributed by atoms with Gasteiger partial charge < -0.3 is 14.2 Å². The molecule has 0 unspecified atom stereocenters. The first-order valence-electron chi connectivity index (χ1n) is 12.6. The fourth-order valence-electron chi connectivity index (χ4n) is 3.58. The molecule has 0 amide bonds. The highest BCUT2D eigenvalue weighted by atomic mass is 79.9. The molecule has 0 aliphatic rings. The van der Waals surface area contributed by atoms with E-state index in [1.165, 1.54) is 0 Å². The largest absolute Gasteiger partial charge is 0.461 e. The van der Waals surface area contributed by atoms with Crippen LogP contribution in [-0.2, 0) is 30.2 Å². The fraction of sp³-hybridized carbons (Fsp3) is 0.300. The second-order valence-corrected chi connectivity index (χ2v) is 10.4. The summed E-state index contributed by atoms with van der Waals surface area (Å²) in [5.41, 5.74) is 4.59. The van der Waals surface area contributed by atoms with Gasteiger partial charge in [-0.2, -0.15) is 0 Å². The molecule has 3 aromatic rings. The summed E-state index contributed by atoms with van der Waals surface area (Å²) >= 11 is 10.2. The van der Waals surface area contributed by atoms with Crippen LogP contribution >= 0.6 is 47.8 Å². The molecule has 0 radical (unpaired) electrons. The second kappa shape index (κ2) is 17.3. The summed E-state index contributed by atoms with van der Waals surface area (Å²) in [6, 6.07) is 21.5. The molecule has 7 nitrogen and oxygen atoms in total. The third kappa shape index (κ3) is 10.5. The topological polar surface area (TPSA) is 82.1 Å². The molecule has 0 aliphatic carbocycles. The van der Waals surface area contributed by atoms with Gasteiger partial charge in [0.25, 0.3) is 0 Å². The van der Waals surface area contributed by atoms with Crippen LogP contribution in [0.15, 0.2) is 72.8 Å². The van der Waals surface area contributed by atoms with E-state index in [1.54, 1.807) is 36.4 Å². The zero-order valence-electron chi connectivity index (χ0n) is 21.8. The third-order valence-corrected chi connectivity index (χ3v) is 7.90. The average molecular weight is 740 g/mol. The van der Waals surface area contributed by atoms with Crippen molar-refractivity contribution in [3.8, 4) is 0 Å². The molecule has 0 spiro atoms. The Morgan fingerprint density at radius 1 is 0.475 bits per heavy atom. The Balaban J connectivity index is 1.51. The van der Waals surface area contributed by atoms with Crippen molar-refractivity contribution in [1.82, 2.24) is 4.90 Å². The number of esters is 3. The predicted octanol–water partition coefficient (Wildman–Crippen LogP) is 6.54. The number of carbonyl (C=O) groups excluding carboxylic acids is 3. The molecular formula is C30H30Br3NO6. The number of carbonyl (C=O) groups is 3. The number of hydrogen-bond donors (Lipinski definition) is 0. The minimum absolute atomic E-state index is 0.128. The van der Waals surface area contributed by atoms with Crippen LogP contribution in [-0.4, -0.2) is 62.3 Å². The van der Waals surface area contributed by atoms with Gasteiger partial charge >= 0.3 is 17.9 Å². The van der Waals surface area contributed by atoms with Gasteiger partial charge in [-0.1, -0.05) is 84.2 Å². The molecule has 0 saturated carbocycles. The summed E-state index contributed by atoms with van der Waals surface area (Å²) in [5.74, 6) is -1.26. The smallest absolute Gasteiger partial charge is 0.338 e. The van der Waals surface area contributed by atoms with Crippen LogP contribution in [0.25, 0.3) is 0 Å². The Labute approximate surface area is 259 Å². The van der Waals surface area contributed by atoms with Crippen LogP contribution in [0.4, 0.5) is 0 Å². The Morgan fingerprint density at radius 3 is 0.950 bits per heavy atom. The van der Waals surface area contributed by atoms with E-state index in [0.717, 1.165) is 16.7 Å². The van der Waals surface area contributed by atoms with Crippen molar-refractivity contribution in [3.63, 3.8) is 0 Å². The zero-order chi connectivity index (χ0) is 28.7. The minimum Gasteiger partial charge on any atom is -0.461 e. The fourth-order valence-corrected chi connectivity index (χ4v) is 4.70. The van der Waals surface area contributed by atoms with Crippen LogP contribution in [0.5, 0.6) is 0 Å². The van der Waals surface area contributed by atoms with Crippen molar-refractivity contribution >= 4 is 65.7 Å². The molecule has 212 valence electrons. The molecular weight excluding hydrogens is 710 g/mol. The van der Waals surface area contributed by atoms with Gasteiger partial charge in [-0.15, -0.1) is 0 Å². The minimum atomic E-state index is -0.419. The average Bonchev–Trinajstić information content (AvgIpc) is 3.00. The van der Waals surface area contributed by atoms with Crippen LogP contribution in [0.2, 0.25) is 0 Å². The lowest BCUT2D eigenvalue weighted by atomic mass is 10.1. The number of halogens is 3. The maximum atomic E-state index is 12.4. The van der Waals surface area contributed by atoms with Crippen molar-refractivity contribution in [1.29, 1.82) is 0 Å². The highest BCUT2D eigenvalue weighted by Gasteiger charge is 2.14. The van der Waals surface area contributed by atoms with Crippen LogP contribution in [0.1, 0.15) is 47.8 Å². The molecule has 40 heavy (non-hydrogen) atoms. The lowest BCUT2D eigenvalue weighted by Crippen LogP contribution is -2.35. The van der Waals surface area contributed by atoms with E-state index in [4.69, 9.17) is 14.2 Å². The first-order valence-corrected chi connectivity index (χ1v) is 16.0. The van der Waals surface area contributed by atoms with E-state index in [1.807, 2.05) is 41.3 Å². The SMILES string of the molecule is O=C(OCCN(CCOC(=O)c1ccc(CBr)cc1)CCOC(=O)c1ccc(CBr)cc1)c1ccc(CBr)cc1. The van der Waals surface area contributed by atoms with Crippen molar-refractivity contribution in [2.24, 2.45) is 0 Å². The predicted molar refractivity (Wildman–Crippen MR) is 165 cm³/mol. The van der Waals surface area contributed by atoms with Gasteiger partial charge in [0.05, 0.1) is 16.7 Å². The maximum Gasteiger partial charge on any atom is 0.338 e. The van der Waals surface area contributed by atoms with E-state index in [0.29, 0.717) is 52.3 Å². The molecule has 0 fully saturated rings. The Bertz CT molecular complexity index is 1080. The van der Waals surface area contributed by atoms with Crippen molar-refractivity contribution < 1.29 is 28.6 Å². The molecule has 3 rings (SSSR count). The highest BCUT2D eigenvalue weighted by molar-refractivity contribution is 9.09. The van der Waals surface area contributed by atoms with Gasteiger partial charge in [0.15, 0.2) is 0 Å². The van der Waals surface area contributed by atoms with Crippen molar-refractivity contribution in [2.45, 2.75) is 16.0 Å². The Morgan fingerprint density at radius 2 is 0.725 bits per heavy atom. The van der Waals surface area contributed by atoms with Crippen molar-refractivity contribution in [3.05, 3.63) is 106 Å². The van der Waals surface area contributed by atoms with Crippen LogP contribution < -0.4 is 0 Å². The summed E-state index contributed by atoms with van der Waals surface area (Å²) in [4.78, 5) is 39.2. The van der Waals surface area contributed by atoms with Crippen LogP contribution in [0, 0.1) is 0 Å².